The van der Waals surface area contributed by atoms with Gasteiger partial charge < -0.3 is 14.2 Å². The van der Waals surface area contributed by atoms with Crippen LogP contribution >= 0.6 is 11.3 Å². The van der Waals surface area contributed by atoms with Gasteiger partial charge >= 0.3 is 5.97 Å². The van der Waals surface area contributed by atoms with Crippen LogP contribution in [0, 0.1) is 5.92 Å². The Bertz CT molecular complexity index is 824. The van der Waals surface area contributed by atoms with Gasteiger partial charge in [-0.05, 0) is 48.9 Å². The van der Waals surface area contributed by atoms with Gasteiger partial charge in [0.1, 0.15) is 16.4 Å². The van der Waals surface area contributed by atoms with E-state index in [-0.39, 0.29) is 12.4 Å². The number of rotatable bonds is 6. The Morgan fingerprint density at radius 3 is 2.73 bits per heavy atom. The zero-order valence-electron chi connectivity index (χ0n) is 15.2. The first-order valence-electron chi connectivity index (χ1n) is 8.55. The van der Waals surface area contributed by atoms with Crippen molar-refractivity contribution in [1.82, 2.24) is 0 Å². The summed E-state index contributed by atoms with van der Waals surface area (Å²) < 4.78 is 15.6. The highest BCUT2D eigenvalue weighted by molar-refractivity contribution is 7.14. The van der Waals surface area contributed by atoms with E-state index in [0.29, 0.717) is 27.9 Å². The number of carbonyl (C=O) groups is 2. The number of fused-ring (bicyclic) bond motifs is 1. The zero-order valence-corrected chi connectivity index (χ0v) is 16.0. The molecule has 0 spiro atoms. The summed E-state index contributed by atoms with van der Waals surface area (Å²) in [7, 11) is 3.02. The summed E-state index contributed by atoms with van der Waals surface area (Å²) in [5, 5.41) is 0. The second-order valence-corrected chi connectivity index (χ2v) is 7.61. The summed E-state index contributed by atoms with van der Waals surface area (Å²) in [6.07, 6.45) is 3.16. The molecule has 0 amide bonds. The first-order valence-corrected chi connectivity index (χ1v) is 9.37. The summed E-state index contributed by atoms with van der Waals surface area (Å²) >= 11 is 1.48. The third kappa shape index (κ3) is 3.90. The number of ether oxygens (including phenoxy) is 3. The van der Waals surface area contributed by atoms with E-state index in [9.17, 15) is 9.59 Å². The Labute approximate surface area is 156 Å². The third-order valence-corrected chi connectivity index (χ3v) is 5.79. The van der Waals surface area contributed by atoms with Crippen molar-refractivity contribution in [3.05, 3.63) is 45.1 Å². The van der Waals surface area contributed by atoms with Crippen molar-refractivity contribution >= 4 is 23.1 Å². The van der Waals surface area contributed by atoms with Gasteiger partial charge in [0.15, 0.2) is 6.61 Å². The maximum atomic E-state index is 12.4. The standard InChI is InChI=1S/C20H22O5S/c1-12-4-7-18-13(8-12)9-19(26-18)20(22)25-11-16(21)15-6-5-14(23-2)10-17(15)24-3/h5-6,9-10,12H,4,7-8,11H2,1-3H3/t12-/m0/s1. The number of aryl methyl sites for hydroxylation is 1. The fourth-order valence-corrected chi connectivity index (χ4v) is 4.22. The molecule has 1 aliphatic carbocycles. The molecule has 0 bridgehead atoms. The van der Waals surface area contributed by atoms with Crippen LogP contribution in [0.3, 0.4) is 0 Å². The third-order valence-electron chi connectivity index (χ3n) is 4.57. The average molecular weight is 374 g/mol. The Hall–Kier alpha value is -2.34. The van der Waals surface area contributed by atoms with Crippen molar-refractivity contribution < 1.29 is 23.8 Å². The minimum Gasteiger partial charge on any atom is -0.497 e. The van der Waals surface area contributed by atoms with Crippen LogP contribution in [0.4, 0.5) is 0 Å². The van der Waals surface area contributed by atoms with Crippen molar-refractivity contribution in [1.29, 1.82) is 0 Å². The monoisotopic (exact) mass is 374 g/mol. The molecule has 0 saturated heterocycles. The van der Waals surface area contributed by atoms with Crippen molar-refractivity contribution in [2.45, 2.75) is 26.2 Å². The molecule has 0 unspecified atom stereocenters. The smallest absolute Gasteiger partial charge is 0.348 e. The minimum absolute atomic E-state index is 0.312. The predicted octanol–water partition coefficient (Wildman–Crippen LogP) is 3.93. The molecule has 0 aliphatic heterocycles. The number of carbonyl (C=O) groups excluding carboxylic acids is 2. The molecule has 2 aromatic rings. The SMILES string of the molecule is COc1ccc(C(=O)COC(=O)c2cc3c(s2)CC[C@H](C)C3)c(OC)c1. The highest BCUT2D eigenvalue weighted by Crippen LogP contribution is 2.32. The van der Waals surface area contributed by atoms with Gasteiger partial charge in [-0.15, -0.1) is 11.3 Å². The first-order chi connectivity index (χ1) is 12.5. The fourth-order valence-electron chi connectivity index (χ4n) is 3.12. The average Bonchev–Trinajstić information content (AvgIpc) is 3.08. The molecule has 1 aliphatic rings. The van der Waals surface area contributed by atoms with Crippen LogP contribution < -0.4 is 9.47 Å². The van der Waals surface area contributed by atoms with Gasteiger partial charge in [0.2, 0.25) is 5.78 Å². The number of hydrogen-bond donors (Lipinski definition) is 0. The van der Waals surface area contributed by atoms with Gasteiger partial charge in [-0.1, -0.05) is 6.92 Å². The van der Waals surface area contributed by atoms with E-state index in [1.807, 2.05) is 6.07 Å². The van der Waals surface area contributed by atoms with Crippen LogP contribution in [0.25, 0.3) is 0 Å². The highest BCUT2D eigenvalue weighted by Gasteiger charge is 2.22. The summed E-state index contributed by atoms with van der Waals surface area (Å²) in [4.78, 5) is 26.6. The summed E-state index contributed by atoms with van der Waals surface area (Å²) in [5.41, 5.74) is 1.60. The summed E-state index contributed by atoms with van der Waals surface area (Å²) in [6.45, 7) is 1.90. The van der Waals surface area contributed by atoms with E-state index in [4.69, 9.17) is 14.2 Å². The number of methoxy groups -OCH3 is 2. The Balaban J connectivity index is 1.65. The highest BCUT2D eigenvalue weighted by atomic mass is 32.1. The largest absolute Gasteiger partial charge is 0.497 e. The molecule has 138 valence electrons. The lowest BCUT2D eigenvalue weighted by atomic mass is 9.90. The maximum Gasteiger partial charge on any atom is 0.348 e. The predicted molar refractivity (Wildman–Crippen MR) is 99.7 cm³/mol. The molecule has 0 saturated carbocycles. The Morgan fingerprint density at radius 1 is 1.19 bits per heavy atom. The van der Waals surface area contributed by atoms with Gasteiger partial charge in [-0.2, -0.15) is 0 Å². The van der Waals surface area contributed by atoms with E-state index in [1.165, 1.54) is 28.9 Å². The van der Waals surface area contributed by atoms with Crippen LogP contribution in [0.15, 0.2) is 24.3 Å². The number of benzene rings is 1. The van der Waals surface area contributed by atoms with Crippen LogP contribution in [-0.2, 0) is 17.6 Å². The van der Waals surface area contributed by atoms with Crippen LogP contribution in [0.5, 0.6) is 11.5 Å². The summed E-state index contributed by atoms with van der Waals surface area (Å²) in [5.74, 6) is 0.871. The lowest BCUT2D eigenvalue weighted by Gasteiger charge is -2.16. The van der Waals surface area contributed by atoms with Gasteiger partial charge in [-0.3, -0.25) is 4.79 Å². The lowest BCUT2D eigenvalue weighted by Crippen LogP contribution is -2.14. The molecule has 1 atom stereocenters. The number of thiophene rings is 1. The van der Waals surface area contributed by atoms with E-state index < -0.39 is 5.97 Å². The van der Waals surface area contributed by atoms with E-state index in [1.54, 1.807) is 25.3 Å². The molecule has 1 aromatic carbocycles. The minimum atomic E-state index is -0.446. The molecule has 26 heavy (non-hydrogen) atoms. The number of Topliss-reactive ketones (excluding diaryl/α,β-unsaturated/α-hetero) is 1. The van der Waals surface area contributed by atoms with Gasteiger partial charge in [0, 0.05) is 10.9 Å². The van der Waals surface area contributed by atoms with Crippen molar-refractivity contribution in [3.8, 4) is 11.5 Å². The molecular weight excluding hydrogens is 352 g/mol. The van der Waals surface area contributed by atoms with Crippen molar-refractivity contribution in [2.24, 2.45) is 5.92 Å². The molecule has 6 heteroatoms. The van der Waals surface area contributed by atoms with Gasteiger partial charge in [0.25, 0.3) is 0 Å². The Morgan fingerprint density at radius 2 is 2.00 bits per heavy atom. The van der Waals surface area contributed by atoms with E-state index in [2.05, 4.69) is 6.92 Å². The fraction of sp³-hybridized carbons (Fsp3) is 0.400. The number of esters is 1. The van der Waals surface area contributed by atoms with Crippen molar-refractivity contribution in [3.63, 3.8) is 0 Å². The molecule has 0 radical (unpaired) electrons. The van der Waals surface area contributed by atoms with E-state index >= 15 is 0 Å². The molecule has 3 rings (SSSR count). The molecular formula is C20H22O5S. The van der Waals surface area contributed by atoms with Gasteiger partial charge in [0.05, 0.1) is 19.8 Å². The van der Waals surface area contributed by atoms with E-state index in [0.717, 1.165) is 19.3 Å². The quantitative estimate of drug-likeness (QED) is 0.566. The molecule has 0 N–H and O–H groups in total. The Kier molecular flexibility index (Phi) is 5.61. The number of ketones is 1. The zero-order chi connectivity index (χ0) is 18.7. The lowest BCUT2D eigenvalue weighted by molar-refractivity contribution is 0.0478. The second-order valence-electron chi connectivity index (χ2n) is 6.47. The van der Waals surface area contributed by atoms with Gasteiger partial charge in [-0.25, -0.2) is 4.79 Å². The van der Waals surface area contributed by atoms with Crippen LogP contribution in [0.1, 0.15) is 43.8 Å². The number of hydrogen-bond acceptors (Lipinski definition) is 6. The second kappa shape index (κ2) is 7.91. The van der Waals surface area contributed by atoms with Crippen molar-refractivity contribution in [2.75, 3.05) is 20.8 Å². The molecule has 1 heterocycles. The maximum absolute atomic E-state index is 12.4. The normalized spacial score (nSPS) is 15.9. The molecule has 1 aromatic heterocycles. The topological polar surface area (TPSA) is 61.8 Å². The summed E-state index contributed by atoms with van der Waals surface area (Å²) in [6, 6.07) is 6.82. The molecule has 5 nitrogen and oxygen atoms in total. The van der Waals surface area contributed by atoms with Crippen LogP contribution in [-0.4, -0.2) is 32.6 Å². The molecule has 0 fully saturated rings. The van der Waals surface area contributed by atoms with Crippen LogP contribution in [0.2, 0.25) is 0 Å². The first kappa shape index (κ1) is 18.5.